The van der Waals surface area contributed by atoms with Crippen molar-refractivity contribution in [3.63, 3.8) is 0 Å². The van der Waals surface area contributed by atoms with Gasteiger partial charge in [-0.25, -0.2) is 19.6 Å². The molecule has 2 saturated heterocycles. The van der Waals surface area contributed by atoms with Crippen molar-refractivity contribution in [2.45, 2.75) is 89.7 Å². The van der Waals surface area contributed by atoms with Crippen molar-refractivity contribution in [1.82, 2.24) is 40.4 Å². The largest absolute Gasteiger partial charge is 0.453 e. The highest BCUT2D eigenvalue weighted by molar-refractivity contribution is 5.87. The first-order chi connectivity index (χ1) is 33.3. The maximum absolute atomic E-state index is 14.6. The average Bonchev–Trinajstić information content (AvgIpc) is 4.18. The fraction of sp³-hybridized carbons (Fsp3) is 0.476. The minimum atomic E-state index is -3.83. The smallest absolute Gasteiger partial charge is 0.407 e. The number of likely N-dealkylation sites (tertiary alicyclic amines) is 2. The van der Waals surface area contributed by atoms with Crippen LogP contribution in [0.4, 0.5) is 9.59 Å². The number of aromatic nitrogens is 4. The van der Waals surface area contributed by atoms with Crippen LogP contribution in [0, 0.1) is 17.7 Å². The predicted molar refractivity (Wildman–Crippen MR) is 210 cm³/mol. The van der Waals surface area contributed by atoms with Crippen LogP contribution in [0.25, 0.3) is 33.6 Å². The van der Waals surface area contributed by atoms with Crippen molar-refractivity contribution >= 4 is 24.0 Å². The number of alkyl carbamates (subject to hydrolysis) is 2. The Labute approximate surface area is 349 Å². The van der Waals surface area contributed by atoms with Crippen LogP contribution in [-0.4, -0.2) is 92.6 Å². The van der Waals surface area contributed by atoms with E-state index in [1.165, 1.54) is 4.90 Å². The molecule has 14 nitrogen and oxygen atoms in total. The first kappa shape index (κ1) is 23.4. The third-order valence-corrected chi connectivity index (χ3v) is 10.6. The molecule has 2 aromatic heterocycles. The van der Waals surface area contributed by atoms with E-state index in [1.807, 2.05) is 41.7 Å². The summed E-state index contributed by atoms with van der Waals surface area (Å²) in [7, 11) is 1.76. The molecule has 3 fully saturated rings. The Kier molecular flexibility index (Phi) is 6.78. The molecule has 7 rings (SSSR count). The summed E-state index contributed by atoms with van der Waals surface area (Å²) in [5, 5.41) is 3.57. The predicted octanol–water partition coefficient (Wildman–Crippen LogP) is 6.61. The zero-order valence-electron chi connectivity index (χ0n) is 46.6. The summed E-state index contributed by atoms with van der Waals surface area (Å²) in [6, 6.07) is 5.12. The maximum atomic E-state index is 14.6. The lowest BCUT2D eigenvalue weighted by Crippen LogP contribution is -2.54. The van der Waals surface area contributed by atoms with Crippen LogP contribution in [0.15, 0.2) is 60.9 Å². The van der Waals surface area contributed by atoms with Gasteiger partial charge in [-0.2, -0.15) is 0 Å². The van der Waals surface area contributed by atoms with Gasteiger partial charge in [-0.1, -0.05) is 75.9 Å². The fourth-order valence-electron chi connectivity index (χ4n) is 7.91. The number of imidazole rings is 2. The molecule has 4 heterocycles. The molecule has 2 unspecified atom stereocenters. The summed E-state index contributed by atoms with van der Waals surface area (Å²) < 4.78 is 141. The summed E-state index contributed by atoms with van der Waals surface area (Å²) in [6.45, 7) is -15.1. The number of hydrogen-bond donors (Lipinski definition) is 4. The van der Waals surface area contributed by atoms with Gasteiger partial charge in [0.25, 0.3) is 0 Å². The molecular formula is C42H52N8O6. The Balaban J connectivity index is 1.09. The fourth-order valence-corrected chi connectivity index (χ4v) is 7.91. The zero-order chi connectivity index (χ0) is 53.4. The highest BCUT2D eigenvalue weighted by Crippen LogP contribution is 2.50. The average molecular weight is 781 g/mol. The molecule has 2 bridgehead atoms. The number of fused-ring (bicyclic) bond motifs is 2. The van der Waals surface area contributed by atoms with Crippen LogP contribution in [-0.2, 0) is 19.1 Å². The van der Waals surface area contributed by atoms with Crippen molar-refractivity contribution in [1.29, 1.82) is 0 Å². The number of hydrogen-bond acceptors (Lipinski definition) is 8. The Hall–Kier alpha value is -5.66. The van der Waals surface area contributed by atoms with Crippen molar-refractivity contribution in [2.24, 2.45) is 17.7 Å². The normalized spacial score (nSPS) is 28.0. The highest BCUT2D eigenvalue weighted by Gasteiger charge is 2.51. The third-order valence-electron chi connectivity index (χ3n) is 10.6. The summed E-state index contributed by atoms with van der Waals surface area (Å²) >= 11 is 0. The number of nitrogens with one attached hydrogen (secondary N) is 4. The lowest BCUT2D eigenvalue weighted by molar-refractivity contribution is -0.139. The summed E-state index contributed by atoms with van der Waals surface area (Å²) in [6.07, 6.45) is 2.34. The van der Waals surface area contributed by atoms with Gasteiger partial charge >= 0.3 is 12.2 Å². The van der Waals surface area contributed by atoms with Crippen molar-refractivity contribution in [3.05, 3.63) is 72.6 Å². The van der Waals surface area contributed by atoms with Gasteiger partial charge in [0.05, 0.1) is 40.4 Å². The maximum Gasteiger partial charge on any atom is 0.407 e. The molecule has 3 aliphatic rings. The standard InChI is InChI=1S/C42H52N8O6/c1-23(2)34(47-41(53)55-5)39(51)49-19-7-8-33(49)37-43-21-31(45-37)27-13-9-25(10-14-27)26-11-15-28(16-12-26)32-22-44-38(46-32)36-29-17-18-30(20-29)50(36)40(52)35(24(3)4)48-42(54)56-6/h9-16,21-24,29-30,33-36H,7-8,17-20H2,1-6H3,(H,43,45)(H,44,46)(H,47,53)(H,48,54)/t29?,30?,33-,34-,35-,36-/m0/s1/i1D3,2D3,3D3,4D3,23D,24D,34D,35D. The lowest BCUT2D eigenvalue weighted by Gasteiger charge is -2.37. The van der Waals surface area contributed by atoms with Crippen LogP contribution in [0.1, 0.15) is 105 Å². The van der Waals surface area contributed by atoms with E-state index < -0.39 is 93.4 Å². The van der Waals surface area contributed by atoms with E-state index in [-0.39, 0.29) is 30.5 Å². The number of methoxy groups -OCH3 is 2. The molecule has 0 spiro atoms. The van der Waals surface area contributed by atoms with Crippen LogP contribution in [0.5, 0.6) is 0 Å². The first-order valence-corrected chi connectivity index (χ1v) is 18.0. The molecule has 4 N–H and O–H groups in total. The van der Waals surface area contributed by atoms with Gasteiger partial charge in [0.15, 0.2) is 0 Å². The molecule has 1 saturated carbocycles. The van der Waals surface area contributed by atoms with E-state index in [1.54, 1.807) is 29.8 Å². The van der Waals surface area contributed by atoms with Crippen molar-refractivity contribution in [2.75, 3.05) is 20.8 Å². The van der Waals surface area contributed by atoms with Gasteiger partial charge in [0, 0.05) is 55.3 Å². The SMILES string of the molecule is [2H]C([2H])([2H])C([2H])(C([2H])([2H])[2H])[C@]([2H])(NC(=O)OC)C(=O)N1CCC[C@H]1c1nc(-c2ccc(-c3ccc(-c4c[nH]c([C@@H]5C6CCC(C6)N5C(=O)[C@@]([2H])(NC(=O)OC)C([2H])(C([2H])([2H])[2H])C([2H])([2H])[2H])n4)cc3)cc2)c[nH]1. The summed E-state index contributed by atoms with van der Waals surface area (Å²) in [5.74, 6) is -10.2. The van der Waals surface area contributed by atoms with Crippen LogP contribution < -0.4 is 10.6 Å². The van der Waals surface area contributed by atoms with Crippen LogP contribution in [0.2, 0.25) is 0 Å². The van der Waals surface area contributed by atoms with E-state index in [0.29, 0.717) is 48.2 Å². The number of piperidine rings is 1. The molecule has 4 amide bonds. The molecule has 2 aromatic carbocycles. The topological polar surface area (TPSA) is 175 Å². The molecule has 0 radical (unpaired) electrons. The van der Waals surface area contributed by atoms with E-state index in [4.69, 9.17) is 26.9 Å². The number of carbonyl (C=O) groups excluding carboxylic acids is 4. The quantitative estimate of drug-likeness (QED) is 0.132. The van der Waals surface area contributed by atoms with Gasteiger partial charge in [0.1, 0.15) is 23.7 Å². The lowest BCUT2D eigenvalue weighted by atomic mass is 9.95. The molecule has 296 valence electrons. The highest BCUT2D eigenvalue weighted by atomic mass is 16.5. The second-order valence-corrected chi connectivity index (χ2v) is 13.8. The monoisotopic (exact) mass is 781 g/mol. The number of carbonyl (C=O) groups is 4. The molecule has 1 aliphatic carbocycles. The second-order valence-electron chi connectivity index (χ2n) is 13.8. The molecule has 4 aromatic rings. The van der Waals surface area contributed by atoms with E-state index in [0.717, 1.165) is 30.2 Å². The van der Waals surface area contributed by atoms with E-state index >= 15 is 0 Å². The summed E-state index contributed by atoms with van der Waals surface area (Å²) in [5.41, 5.74) is 3.83. The Morgan fingerprint density at radius 1 is 0.750 bits per heavy atom. The van der Waals surface area contributed by atoms with Gasteiger partial charge in [0.2, 0.25) is 11.8 Å². The molecule has 56 heavy (non-hydrogen) atoms. The number of rotatable bonds is 11. The number of benzene rings is 2. The number of ether oxygens (including phenoxy) is 2. The van der Waals surface area contributed by atoms with Gasteiger partial charge < -0.3 is 39.9 Å². The molecule has 14 heteroatoms. The Bertz CT molecular complexity index is 2660. The van der Waals surface area contributed by atoms with Crippen LogP contribution >= 0.6 is 0 Å². The Morgan fingerprint density at radius 3 is 1.82 bits per heavy atom. The number of nitrogens with zero attached hydrogens (tertiary/aromatic N) is 4. The first-order valence-electron chi connectivity index (χ1n) is 26.0. The molecule has 6 atom stereocenters. The number of H-pyrrole nitrogens is 2. The van der Waals surface area contributed by atoms with Gasteiger partial charge in [-0.05, 0) is 60.9 Å². The van der Waals surface area contributed by atoms with E-state index in [9.17, 15) is 19.2 Å². The van der Waals surface area contributed by atoms with Gasteiger partial charge in [-0.3, -0.25) is 9.59 Å². The summed E-state index contributed by atoms with van der Waals surface area (Å²) in [4.78, 5) is 71.4. The number of aromatic amines is 2. The zero-order valence-corrected chi connectivity index (χ0v) is 30.6. The third kappa shape index (κ3) is 7.61. The van der Waals surface area contributed by atoms with Crippen molar-refractivity contribution < 1.29 is 50.6 Å². The minimum absolute atomic E-state index is 0.0675. The minimum Gasteiger partial charge on any atom is -0.453 e. The van der Waals surface area contributed by atoms with Crippen LogP contribution in [0.3, 0.4) is 0 Å². The Morgan fingerprint density at radius 2 is 1.27 bits per heavy atom. The van der Waals surface area contributed by atoms with E-state index in [2.05, 4.69) is 24.4 Å². The molecular weight excluding hydrogens is 713 g/mol. The second kappa shape index (κ2) is 16.2. The number of amides is 4. The van der Waals surface area contributed by atoms with Gasteiger partial charge in [-0.15, -0.1) is 0 Å². The molecule has 2 aliphatic heterocycles. The van der Waals surface area contributed by atoms with Crippen molar-refractivity contribution in [3.8, 4) is 33.6 Å².